The topological polar surface area (TPSA) is 29.5 Å². The van der Waals surface area contributed by atoms with E-state index in [9.17, 15) is 5.11 Å². The van der Waals surface area contributed by atoms with Crippen molar-refractivity contribution in [2.45, 2.75) is 46.5 Å². The van der Waals surface area contributed by atoms with Crippen molar-refractivity contribution in [2.24, 2.45) is 17.8 Å². The molecule has 0 aliphatic carbocycles. The molecule has 2 heteroatoms. The van der Waals surface area contributed by atoms with E-state index in [2.05, 4.69) is 27.7 Å². The first-order valence-corrected chi connectivity index (χ1v) is 4.91. The monoisotopic (exact) mass is 172 g/mol. The SMILES string of the molecule is CCC1OC(O)C(C)C(C)C1C. The summed E-state index contributed by atoms with van der Waals surface area (Å²) in [6, 6.07) is 0. The third kappa shape index (κ3) is 1.64. The van der Waals surface area contributed by atoms with Gasteiger partial charge < -0.3 is 9.84 Å². The van der Waals surface area contributed by atoms with E-state index in [1.807, 2.05) is 0 Å². The standard InChI is InChI=1S/C10H20O2/c1-5-9-7(3)6(2)8(4)10(11)12-9/h6-11H,5H2,1-4H3. The van der Waals surface area contributed by atoms with Crippen LogP contribution in [-0.4, -0.2) is 17.5 Å². The Morgan fingerprint density at radius 1 is 1.08 bits per heavy atom. The van der Waals surface area contributed by atoms with Gasteiger partial charge in [0.05, 0.1) is 6.10 Å². The summed E-state index contributed by atoms with van der Waals surface area (Å²) in [5.41, 5.74) is 0. The fourth-order valence-corrected chi connectivity index (χ4v) is 1.97. The van der Waals surface area contributed by atoms with Gasteiger partial charge in [0.15, 0.2) is 6.29 Å². The predicted molar refractivity (Wildman–Crippen MR) is 48.7 cm³/mol. The van der Waals surface area contributed by atoms with Crippen molar-refractivity contribution >= 4 is 0 Å². The van der Waals surface area contributed by atoms with E-state index in [0.29, 0.717) is 11.8 Å². The van der Waals surface area contributed by atoms with Gasteiger partial charge in [-0.05, 0) is 18.3 Å². The Morgan fingerprint density at radius 2 is 1.67 bits per heavy atom. The van der Waals surface area contributed by atoms with Gasteiger partial charge in [-0.2, -0.15) is 0 Å². The Hall–Kier alpha value is -0.0800. The van der Waals surface area contributed by atoms with Crippen molar-refractivity contribution < 1.29 is 9.84 Å². The maximum atomic E-state index is 9.55. The highest BCUT2D eigenvalue weighted by Crippen LogP contribution is 2.34. The molecule has 0 aromatic rings. The zero-order valence-electron chi connectivity index (χ0n) is 8.45. The van der Waals surface area contributed by atoms with Gasteiger partial charge in [0.1, 0.15) is 0 Å². The lowest BCUT2D eigenvalue weighted by molar-refractivity contribution is -0.224. The van der Waals surface area contributed by atoms with Crippen molar-refractivity contribution in [2.75, 3.05) is 0 Å². The molecule has 12 heavy (non-hydrogen) atoms. The average molecular weight is 172 g/mol. The molecule has 1 fully saturated rings. The van der Waals surface area contributed by atoms with Crippen LogP contribution in [0.25, 0.3) is 0 Å². The molecule has 0 aromatic carbocycles. The number of rotatable bonds is 1. The largest absolute Gasteiger partial charge is 0.368 e. The summed E-state index contributed by atoms with van der Waals surface area (Å²) in [6.45, 7) is 8.57. The van der Waals surface area contributed by atoms with Crippen LogP contribution in [-0.2, 0) is 4.74 Å². The molecule has 1 aliphatic rings. The van der Waals surface area contributed by atoms with Crippen molar-refractivity contribution in [3.63, 3.8) is 0 Å². The molecule has 0 bridgehead atoms. The van der Waals surface area contributed by atoms with Gasteiger partial charge in [-0.1, -0.05) is 27.7 Å². The second kappa shape index (κ2) is 3.75. The second-order valence-electron chi connectivity index (χ2n) is 4.05. The summed E-state index contributed by atoms with van der Waals surface area (Å²) in [7, 11) is 0. The van der Waals surface area contributed by atoms with E-state index in [1.54, 1.807) is 0 Å². The molecule has 72 valence electrons. The maximum absolute atomic E-state index is 9.55. The van der Waals surface area contributed by atoms with Crippen LogP contribution in [0.2, 0.25) is 0 Å². The van der Waals surface area contributed by atoms with Crippen LogP contribution in [0.5, 0.6) is 0 Å². The average Bonchev–Trinajstić information content (AvgIpc) is 2.08. The van der Waals surface area contributed by atoms with Crippen molar-refractivity contribution in [3.8, 4) is 0 Å². The molecule has 0 aromatic heterocycles. The van der Waals surface area contributed by atoms with E-state index in [4.69, 9.17) is 4.74 Å². The first-order chi connectivity index (χ1) is 5.57. The lowest BCUT2D eigenvalue weighted by Gasteiger charge is -2.41. The van der Waals surface area contributed by atoms with Crippen molar-refractivity contribution in [1.82, 2.24) is 0 Å². The third-order valence-electron chi connectivity index (χ3n) is 3.41. The zero-order valence-corrected chi connectivity index (χ0v) is 8.45. The van der Waals surface area contributed by atoms with Gasteiger partial charge in [0, 0.05) is 5.92 Å². The Morgan fingerprint density at radius 3 is 2.17 bits per heavy atom. The first-order valence-electron chi connectivity index (χ1n) is 4.91. The molecule has 5 atom stereocenters. The third-order valence-corrected chi connectivity index (χ3v) is 3.41. The van der Waals surface area contributed by atoms with Gasteiger partial charge in [-0.25, -0.2) is 0 Å². The molecule has 0 radical (unpaired) electrons. The van der Waals surface area contributed by atoms with Crippen LogP contribution >= 0.6 is 0 Å². The van der Waals surface area contributed by atoms with Crippen LogP contribution in [0.3, 0.4) is 0 Å². The van der Waals surface area contributed by atoms with Crippen molar-refractivity contribution in [1.29, 1.82) is 0 Å². The Bertz CT molecular complexity index is 142. The Balaban J connectivity index is 2.63. The number of hydrogen-bond acceptors (Lipinski definition) is 2. The van der Waals surface area contributed by atoms with Gasteiger partial charge >= 0.3 is 0 Å². The van der Waals surface area contributed by atoms with Crippen LogP contribution in [0, 0.1) is 17.8 Å². The molecule has 0 spiro atoms. The van der Waals surface area contributed by atoms with Gasteiger partial charge in [0.2, 0.25) is 0 Å². The summed E-state index contributed by atoms with van der Waals surface area (Å²) in [5, 5.41) is 9.55. The Kier molecular flexibility index (Phi) is 3.13. The van der Waals surface area contributed by atoms with E-state index >= 15 is 0 Å². The van der Waals surface area contributed by atoms with Crippen LogP contribution in [0.15, 0.2) is 0 Å². The highest BCUT2D eigenvalue weighted by atomic mass is 16.6. The fourth-order valence-electron chi connectivity index (χ4n) is 1.97. The highest BCUT2D eigenvalue weighted by molar-refractivity contribution is 4.81. The predicted octanol–water partition coefficient (Wildman–Crippen LogP) is 2.02. The molecule has 1 heterocycles. The number of aliphatic hydroxyl groups excluding tert-OH is 1. The molecule has 2 nitrogen and oxygen atoms in total. The normalized spacial score (nSPS) is 49.2. The molecule has 1 saturated heterocycles. The van der Waals surface area contributed by atoms with Gasteiger partial charge in [-0.15, -0.1) is 0 Å². The van der Waals surface area contributed by atoms with Gasteiger partial charge in [0.25, 0.3) is 0 Å². The fraction of sp³-hybridized carbons (Fsp3) is 1.00. The van der Waals surface area contributed by atoms with Crippen LogP contribution < -0.4 is 0 Å². The van der Waals surface area contributed by atoms with E-state index in [1.165, 1.54) is 0 Å². The summed E-state index contributed by atoms with van der Waals surface area (Å²) in [5.74, 6) is 1.38. The maximum Gasteiger partial charge on any atom is 0.157 e. The smallest absolute Gasteiger partial charge is 0.157 e. The number of aliphatic hydroxyl groups is 1. The van der Waals surface area contributed by atoms with Crippen LogP contribution in [0.1, 0.15) is 34.1 Å². The summed E-state index contributed by atoms with van der Waals surface area (Å²) in [6.07, 6.45) is 0.683. The summed E-state index contributed by atoms with van der Waals surface area (Å²) < 4.78 is 5.49. The molecule has 1 aliphatic heterocycles. The number of ether oxygens (including phenoxy) is 1. The minimum Gasteiger partial charge on any atom is -0.368 e. The molecule has 1 rings (SSSR count). The lowest BCUT2D eigenvalue weighted by atomic mass is 9.78. The molecule has 0 saturated carbocycles. The molecule has 1 N–H and O–H groups in total. The molecule has 5 unspecified atom stereocenters. The van der Waals surface area contributed by atoms with E-state index in [0.717, 1.165) is 6.42 Å². The minimum atomic E-state index is -0.554. The molecular formula is C10H20O2. The highest BCUT2D eigenvalue weighted by Gasteiger charge is 2.36. The van der Waals surface area contributed by atoms with Gasteiger partial charge in [-0.3, -0.25) is 0 Å². The van der Waals surface area contributed by atoms with E-state index < -0.39 is 6.29 Å². The minimum absolute atomic E-state index is 0.242. The van der Waals surface area contributed by atoms with Crippen LogP contribution in [0.4, 0.5) is 0 Å². The second-order valence-corrected chi connectivity index (χ2v) is 4.05. The quantitative estimate of drug-likeness (QED) is 0.655. The summed E-state index contributed by atoms with van der Waals surface area (Å²) >= 11 is 0. The lowest BCUT2D eigenvalue weighted by Crippen LogP contribution is -2.44. The Labute approximate surface area is 74.9 Å². The summed E-state index contributed by atoms with van der Waals surface area (Å²) in [4.78, 5) is 0. The molecular weight excluding hydrogens is 152 g/mol. The molecule has 0 amide bonds. The zero-order chi connectivity index (χ0) is 9.30. The first kappa shape index (κ1) is 10.0. The van der Waals surface area contributed by atoms with Crippen molar-refractivity contribution in [3.05, 3.63) is 0 Å². The van der Waals surface area contributed by atoms with E-state index in [-0.39, 0.29) is 12.0 Å². The number of hydrogen-bond donors (Lipinski definition) is 1.